The summed E-state index contributed by atoms with van der Waals surface area (Å²) in [6, 6.07) is 14.7. The van der Waals surface area contributed by atoms with Crippen molar-refractivity contribution in [2.45, 2.75) is 25.6 Å². The van der Waals surface area contributed by atoms with Crippen LogP contribution < -0.4 is 5.32 Å². The first-order chi connectivity index (χ1) is 11.9. The van der Waals surface area contributed by atoms with E-state index in [2.05, 4.69) is 50.7 Å². The van der Waals surface area contributed by atoms with Crippen LogP contribution in [0.3, 0.4) is 0 Å². The van der Waals surface area contributed by atoms with Crippen LogP contribution in [0.2, 0.25) is 0 Å². The molecule has 24 heavy (non-hydrogen) atoms. The van der Waals surface area contributed by atoms with Gasteiger partial charge in [-0.1, -0.05) is 35.5 Å². The summed E-state index contributed by atoms with van der Waals surface area (Å²) in [5, 5.41) is 7.51. The van der Waals surface area contributed by atoms with Gasteiger partial charge in [0.2, 0.25) is 0 Å². The number of benzene rings is 1. The number of hydrogen-bond acceptors (Lipinski definition) is 6. The van der Waals surface area contributed by atoms with Crippen molar-refractivity contribution in [2.24, 2.45) is 0 Å². The molecule has 1 aromatic carbocycles. The lowest BCUT2D eigenvalue weighted by Crippen LogP contribution is -2.32. The van der Waals surface area contributed by atoms with Crippen molar-refractivity contribution in [1.29, 1.82) is 0 Å². The second-order valence-electron chi connectivity index (χ2n) is 6.08. The summed E-state index contributed by atoms with van der Waals surface area (Å²) in [6.07, 6.45) is 2.73. The van der Waals surface area contributed by atoms with E-state index in [1.165, 1.54) is 5.56 Å². The average molecular weight is 324 g/mol. The van der Waals surface area contributed by atoms with Gasteiger partial charge in [-0.05, 0) is 24.1 Å². The third-order valence-electron chi connectivity index (χ3n) is 4.27. The third kappa shape index (κ3) is 3.55. The van der Waals surface area contributed by atoms with Gasteiger partial charge in [0.15, 0.2) is 11.6 Å². The van der Waals surface area contributed by atoms with Gasteiger partial charge < -0.3 is 14.3 Å². The van der Waals surface area contributed by atoms with Crippen LogP contribution in [0.1, 0.15) is 17.8 Å². The smallest absolute Gasteiger partial charge is 0.293 e. The molecule has 0 aliphatic carbocycles. The Bertz CT molecular complexity index is 754. The van der Waals surface area contributed by atoms with Crippen molar-refractivity contribution < 1.29 is 8.94 Å². The molecule has 2 aromatic heterocycles. The zero-order chi connectivity index (χ0) is 16.2. The highest BCUT2D eigenvalue weighted by atomic mass is 16.5. The van der Waals surface area contributed by atoms with Gasteiger partial charge in [-0.25, -0.2) is 0 Å². The summed E-state index contributed by atoms with van der Waals surface area (Å²) in [7, 11) is 0. The van der Waals surface area contributed by atoms with Crippen LogP contribution in [0.5, 0.6) is 0 Å². The summed E-state index contributed by atoms with van der Waals surface area (Å²) in [5.74, 6) is 1.68. The number of nitrogens with one attached hydrogen (secondary N) is 1. The molecule has 0 bridgehead atoms. The van der Waals surface area contributed by atoms with Crippen LogP contribution >= 0.6 is 0 Å². The van der Waals surface area contributed by atoms with Gasteiger partial charge in [0, 0.05) is 25.7 Å². The molecule has 4 rings (SSSR count). The lowest BCUT2D eigenvalue weighted by Gasteiger charge is -2.16. The summed E-state index contributed by atoms with van der Waals surface area (Å²) >= 11 is 0. The largest absolute Gasteiger partial charge is 0.459 e. The maximum absolute atomic E-state index is 5.26. The fraction of sp³-hybridized carbons (Fsp3) is 0.333. The van der Waals surface area contributed by atoms with E-state index in [1.807, 2.05) is 6.07 Å². The van der Waals surface area contributed by atoms with E-state index < -0.39 is 0 Å². The molecule has 0 unspecified atom stereocenters. The van der Waals surface area contributed by atoms with E-state index in [-0.39, 0.29) is 0 Å². The van der Waals surface area contributed by atoms with Gasteiger partial charge in [-0.2, -0.15) is 4.98 Å². The molecule has 124 valence electrons. The second kappa shape index (κ2) is 6.98. The number of rotatable bonds is 6. The highest BCUT2D eigenvalue weighted by Gasteiger charge is 2.22. The molecule has 1 aliphatic rings. The summed E-state index contributed by atoms with van der Waals surface area (Å²) in [5.41, 5.74) is 1.36. The molecular formula is C18H20N4O2. The summed E-state index contributed by atoms with van der Waals surface area (Å²) in [6.45, 7) is 3.76. The first-order valence-corrected chi connectivity index (χ1v) is 8.23. The zero-order valence-corrected chi connectivity index (χ0v) is 13.4. The van der Waals surface area contributed by atoms with E-state index >= 15 is 0 Å². The van der Waals surface area contributed by atoms with Crippen molar-refractivity contribution in [3.63, 3.8) is 0 Å². The molecule has 3 heterocycles. The Balaban J connectivity index is 1.27. The minimum absolute atomic E-state index is 0.425. The molecule has 1 aliphatic heterocycles. The van der Waals surface area contributed by atoms with Gasteiger partial charge in [0.05, 0.1) is 12.8 Å². The Labute approximate surface area is 140 Å². The molecule has 0 saturated carbocycles. The van der Waals surface area contributed by atoms with Crippen molar-refractivity contribution in [2.75, 3.05) is 13.1 Å². The van der Waals surface area contributed by atoms with Crippen LogP contribution in [0.15, 0.2) is 57.7 Å². The van der Waals surface area contributed by atoms with E-state index in [1.54, 1.807) is 12.3 Å². The van der Waals surface area contributed by atoms with E-state index in [0.717, 1.165) is 26.1 Å². The molecule has 1 N–H and O–H groups in total. The van der Waals surface area contributed by atoms with Crippen molar-refractivity contribution >= 4 is 0 Å². The first kappa shape index (κ1) is 15.1. The fourth-order valence-corrected chi connectivity index (χ4v) is 3.05. The predicted octanol–water partition coefficient (Wildman–Crippen LogP) is 2.69. The molecular weight excluding hydrogens is 304 g/mol. The third-order valence-corrected chi connectivity index (χ3v) is 4.27. The van der Waals surface area contributed by atoms with Crippen LogP contribution in [0.25, 0.3) is 11.7 Å². The van der Waals surface area contributed by atoms with Crippen molar-refractivity contribution in [3.8, 4) is 11.7 Å². The summed E-state index contributed by atoms with van der Waals surface area (Å²) < 4.78 is 10.5. The standard InChI is InChI=1S/C18H20N4O2/c1-2-5-14(6-3-1)12-22-9-8-15(13-22)19-11-17-20-18(24-21-17)16-7-4-10-23-16/h1-7,10,15,19H,8-9,11-13H2/t15-/m1/s1. The van der Waals surface area contributed by atoms with Crippen LogP contribution in [-0.4, -0.2) is 34.2 Å². The molecule has 0 amide bonds. The fourth-order valence-electron chi connectivity index (χ4n) is 3.05. The minimum atomic E-state index is 0.425. The van der Waals surface area contributed by atoms with E-state index in [4.69, 9.17) is 8.94 Å². The normalized spacial score (nSPS) is 18.2. The quantitative estimate of drug-likeness (QED) is 0.752. The van der Waals surface area contributed by atoms with Gasteiger partial charge in [0.1, 0.15) is 0 Å². The second-order valence-corrected chi connectivity index (χ2v) is 6.08. The maximum atomic E-state index is 5.26. The molecule has 3 aromatic rings. The van der Waals surface area contributed by atoms with Gasteiger partial charge in [-0.15, -0.1) is 0 Å². The Morgan fingerprint density at radius 3 is 2.92 bits per heavy atom. The SMILES string of the molecule is c1ccc(CN2CC[C@@H](NCc3noc(-c4ccco4)n3)C2)cc1. The molecule has 6 heteroatoms. The Morgan fingerprint density at radius 2 is 2.08 bits per heavy atom. The van der Waals surface area contributed by atoms with Crippen LogP contribution in [0.4, 0.5) is 0 Å². The summed E-state index contributed by atoms with van der Waals surface area (Å²) in [4.78, 5) is 6.82. The average Bonchev–Trinajstić information content (AvgIpc) is 3.35. The van der Waals surface area contributed by atoms with Crippen LogP contribution in [-0.2, 0) is 13.1 Å². The molecule has 1 atom stereocenters. The van der Waals surface area contributed by atoms with E-state index in [9.17, 15) is 0 Å². The van der Waals surface area contributed by atoms with Gasteiger partial charge >= 0.3 is 0 Å². The zero-order valence-electron chi connectivity index (χ0n) is 13.4. The minimum Gasteiger partial charge on any atom is -0.459 e. The van der Waals surface area contributed by atoms with Crippen LogP contribution in [0, 0.1) is 0 Å². The number of aromatic nitrogens is 2. The number of hydrogen-bond donors (Lipinski definition) is 1. The Hall–Kier alpha value is -2.44. The number of nitrogens with zero attached hydrogens (tertiary/aromatic N) is 3. The van der Waals surface area contributed by atoms with Gasteiger partial charge in [0.25, 0.3) is 5.89 Å². The number of furan rings is 1. The Kier molecular flexibility index (Phi) is 4.40. The molecule has 1 fully saturated rings. The van der Waals surface area contributed by atoms with Crippen molar-refractivity contribution in [3.05, 3.63) is 60.1 Å². The lowest BCUT2D eigenvalue weighted by molar-refractivity contribution is 0.319. The molecule has 1 saturated heterocycles. The maximum Gasteiger partial charge on any atom is 0.293 e. The van der Waals surface area contributed by atoms with Crippen molar-refractivity contribution in [1.82, 2.24) is 20.4 Å². The van der Waals surface area contributed by atoms with Gasteiger partial charge in [-0.3, -0.25) is 4.90 Å². The highest BCUT2D eigenvalue weighted by molar-refractivity contribution is 5.42. The lowest BCUT2D eigenvalue weighted by atomic mass is 10.2. The Morgan fingerprint density at radius 1 is 1.17 bits per heavy atom. The first-order valence-electron chi connectivity index (χ1n) is 8.23. The highest BCUT2D eigenvalue weighted by Crippen LogP contribution is 2.17. The predicted molar refractivity (Wildman–Crippen MR) is 89.0 cm³/mol. The number of likely N-dealkylation sites (tertiary alicyclic amines) is 1. The molecule has 6 nitrogen and oxygen atoms in total. The topological polar surface area (TPSA) is 67.3 Å². The monoisotopic (exact) mass is 324 g/mol. The molecule has 0 spiro atoms. The molecule has 0 radical (unpaired) electrons. The van der Waals surface area contributed by atoms with E-state index in [0.29, 0.717) is 30.1 Å².